The largest absolute Gasteiger partial charge is 0.316 e. The molecule has 1 fully saturated rings. The third-order valence-corrected chi connectivity index (χ3v) is 4.79. The second-order valence-electron chi connectivity index (χ2n) is 7.32. The van der Waals surface area contributed by atoms with E-state index in [2.05, 4.69) is 63.5 Å². The molecule has 0 amide bonds. The maximum absolute atomic E-state index is 3.62. The number of nitrogens with one attached hydrogen (secondary N) is 1. The molecular formula is C18H29N. The van der Waals surface area contributed by atoms with Crippen molar-refractivity contribution in [2.75, 3.05) is 7.05 Å². The summed E-state index contributed by atoms with van der Waals surface area (Å²) in [6, 6.07) is 11.8. The van der Waals surface area contributed by atoms with Gasteiger partial charge < -0.3 is 5.32 Å². The molecule has 1 atom stereocenters. The summed E-state index contributed by atoms with van der Waals surface area (Å²) in [4.78, 5) is 0. The predicted molar refractivity (Wildman–Crippen MR) is 83.5 cm³/mol. The van der Waals surface area contributed by atoms with Crippen LogP contribution in [0.15, 0.2) is 30.3 Å². The second kappa shape index (κ2) is 5.66. The van der Waals surface area contributed by atoms with Crippen LogP contribution in [0.1, 0.15) is 58.4 Å². The molecule has 1 heteroatoms. The highest BCUT2D eigenvalue weighted by Gasteiger charge is 2.44. The van der Waals surface area contributed by atoms with Crippen LogP contribution in [0.25, 0.3) is 0 Å². The lowest BCUT2D eigenvalue weighted by Crippen LogP contribution is -2.52. The van der Waals surface area contributed by atoms with Gasteiger partial charge in [0, 0.05) is 11.5 Å². The number of rotatable bonds is 5. The van der Waals surface area contributed by atoms with Crippen molar-refractivity contribution in [3.63, 3.8) is 0 Å². The van der Waals surface area contributed by atoms with E-state index in [1.54, 1.807) is 0 Å². The fourth-order valence-electron chi connectivity index (χ4n) is 3.44. The highest BCUT2D eigenvalue weighted by molar-refractivity contribution is 5.30. The van der Waals surface area contributed by atoms with E-state index >= 15 is 0 Å². The minimum atomic E-state index is 0.390. The lowest BCUT2D eigenvalue weighted by atomic mass is 9.59. The van der Waals surface area contributed by atoms with Gasteiger partial charge in [-0.1, -0.05) is 57.5 Å². The molecule has 1 unspecified atom stereocenters. The highest BCUT2D eigenvalue weighted by Crippen LogP contribution is 2.48. The van der Waals surface area contributed by atoms with Crippen molar-refractivity contribution in [3.8, 4) is 0 Å². The van der Waals surface area contributed by atoms with Crippen LogP contribution in [-0.2, 0) is 5.41 Å². The standard InChI is InChI=1S/C18H29N/c1-17(2,3)14-11-16(19-4)18(12-8-13-18)15-9-6-5-7-10-15/h5-7,9-10,16,19H,8,11-14H2,1-4H3. The van der Waals surface area contributed by atoms with E-state index < -0.39 is 0 Å². The van der Waals surface area contributed by atoms with E-state index in [9.17, 15) is 0 Å². The van der Waals surface area contributed by atoms with Gasteiger partial charge in [0.1, 0.15) is 0 Å². The molecule has 0 aromatic heterocycles. The van der Waals surface area contributed by atoms with Crippen LogP contribution in [0.4, 0.5) is 0 Å². The van der Waals surface area contributed by atoms with Crippen molar-refractivity contribution in [2.45, 2.75) is 64.3 Å². The molecule has 0 saturated heterocycles. The molecule has 0 heterocycles. The fourth-order valence-corrected chi connectivity index (χ4v) is 3.44. The second-order valence-corrected chi connectivity index (χ2v) is 7.32. The Labute approximate surface area is 118 Å². The van der Waals surface area contributed by atoms with Gasteiger partial charge in [0.25, 0.3) is 0 Å². The maximum Gasteiger partial charge on any atom is 0.0161 e. The first kappa shape index (κ1) is 14.6. The van der Waals surface area contributed by atoms with Gasteiger partial charge in [-0.15, -0.1) is 0 Å². The average molecular weight is 259 g/mol. The molecule has 1 aliphatic rings. The summed E-state index contributed by atoms with van der Waals surface area (Å²) < 4.78 is 0. The minimum Gasteiger partial charge on any atom is -0.316 e. The normalized spacial score (nSPS) is 19.8. The molecule has 106 valence electrons. The lowest BCUT2D eigenvalue weighted by Gasteiger charge is -2.49. The molecule has 0 aliphatic heterocycles. The molecule has 19 heavy (non-hydrogen) atoms. The zero-order chi connectivity index (χ0) is 13.9. The van der Waals surface area contributed by atoms with Gasteiger partial charge in [0.2, 0.25) is 0 Å². The highest BCUT2D eigenvalue weighted by atomic mass is 14.9. The van der Waals surface area contributed by atoms with Crippen LogP contribution in [0.5, 0.6) is 0 Å². The summed E-state index contributed by atoms with van der Waals surface area (Å²) in [7, 11) is 2.14. The van der Waals surface area contributed by atoms with E-state index in [0.29, 0.717) is 16.9 Å². The smallest absolute Gasteiger partial charge is 0.0161 e. The molecular weight excluding hydrogens is 230 g/mol. The Morgan fingerprint density at radius 2 is 1.79 bits per heavy atom. The van der Waals surface area contributed by atoms with Crippen molar-refractivity contribution in [2.24, 2.45) is 5.41 Å². The first-order valence-electron chi connectivity index (χ1n) is 7.71. The van der Waals surface area contributed by atoms with E-state index in [0.717, 1.165) is 0 Å². The Bertz CT molecular complexity index is 384. The Morgan fingerprint density at radius 1 is 1.16 bits per heavy atom. The van der Waals surface area contributed by atoms with Crippen molar-refractivity contribution in [1.82, 2.24) is 5.32 Å². The predicted octanol–water partition coefficient (Wildman–Crippen LogP) is 4.52. The molecule has 0 radical (unpaired) electrons. The summed E-state index contributed by atoms with van der Waals surface area (Å²) >= 11 is 0. The van der Waals surface area contributed by atoms with E-state index in [4.69, 9.17) is 0 Å². The lowest BCUT2D eigenvalue weighted by molar-refractivity contribution is 0.155. The third-order valence-electron chi connectivity index (χ3n) is 4.79. The molecule has 1 saturated carbocycles. The van der Waals surface area contributed by atoms with Gasteiger partial charge in [-0.05, 0) is 43.7 Å². The summed E-state index contributed by atoms with van der Waals surface area (Å²) in [6.07, 6.45) is 6.61. The molecule has 0 spiro atoms. The SMILES string of the molecule is CNC(CCC(C)(C)C)C1(c2ccccc2)CCC1. The molecule has 1 nitrogen and oxygen atoms in total. The Kier molecular flexibility index (Phi) is 4.35. The van der Waals surface area contributed by atoms with E-state index in [1.807, 2.05) is 0 Å². The summed E-state index contributed by atoms with van der Waals surface area (Å²) in [6.45, 7) is 7.03. The van der Waals surface area contributed by atoms with Gasteiger partial charge in [-0.2, -0.15) is 0 Å². The molecule has 0 bridgehead atoms. The number of hydrogen-bond acceptors (Lipinski definition) is 1. The van der Waals surface area contributed by atoms with Crippen molar-refractivity contribution in [3.05, 3.63) is 35.9 Å². The molecule has 1 N–H and O–H groups in total. The zero-order valence-electron chi connectivity index (χ0n) is 13.0. The van der Waals surface area contributed by atoms with Gasteiger partial charge in [-0.25, -0.2) is 0 Å². The monoisotopic (exact) mass is 259 g/mol. The summed E-state index contributed by atoms with van der Waals surface area (Å²) in [5.41, 5.74) is 2.35. The Morgan fingerprint density at radius 3 is 2.21 bits per heavy atom. The number of hydrogen-bond donors (Lipinski definition) is 1. The summed E-state index contributed by atoms with van der Waals surface area (Å²) in [5.74, 6) is 0. The first-order valence-corrected chi connectivity index (χ1v) is 7.71. The molecule has 1 aromatic carbocycles. The van der Waals surface area contributed by atoms with Crippen LogP contribution in [0.3, 0.4) is 0 Å². The van der Waals surface area contributed by atoms with Crippen molar-refractivity contribution >= 4 is 0 Å². The Balaban J connectivity index is 2.15. The van der Waals surface area contributed by atoms with E-state index in [1.165, 1.54) is 37.7 Å². The van der Waals surface area contributed by atoms with Gasteiger partial charge in [0.15, 0.2) is 0 Å². The van der Waals surface area contributed by atoms with Crippen LogP contribution in [0, 0.1) is 5.41 Å². The summed E-state index contributed by atoms with van der Waals surface area (Å²) in [5, 5.41) is 3.62. The maximum atomic E-state index is 3.62. The van der Waals surface area contributed by atoms with Gasteiger partial charge >= 0.3 is 0 Å². The van der Waals surface area contributed by atoms with Crippen LogP contribution < -0.4 is 5.32 Å². The topological polar surface area (TPSA) is 12.0 Å². The zero-order valence-corrected chi connectivity index (χ0v) is 13.0. The molecule has 1 aliphatic carbocycles. The van der Waals surface area contributed by atoms with Crippen molar-refractivity contribution < 1.29 is 0 Å². The fraction of sp³-hybridized carbons (Fsp3) is 0.667. The molecule has 2 rings (SSSR count). The van der Waals surface area contributed by atoms with Crippen LogP contribution in [-0.4, -0.2) is 13.1 Å². The third kappa shape index (κ3) is 3.20. The number of benzene rings is 1. The average Bonchev–Trinajstić information content (AvgIpc) is 2.32. The van der Waals surface area contributed by atoms with Crippen LogP contribution in [0.2, 0.25) is 0 Å². The van der Waals surface area contributed by atoms with E-state index in [-0.39, 0.29) is 0 Å². The van der Waals surface area contributed by atoms with Crippen LogP contribution >= 0.6 is 0 Å². The quantitative estimate of drug-likeness (QED) is 0.819. The van der Waals surface area contributed by atoms with Gasteiger partial charge in [0.05, 0.1) is 0 Å². The van der Waals surface area contributed by atoms with Crippen molar-refractivity contribution in [1.29, 1.82) is 0 Å². The van der Waals surface area contributed by atoms with Gasteiger partial charge in [-0.3, -0.25) is 0 Å². The number of likely N-dealkylation sites (N-methyl/N-ethyl adjacent to an activating group) is 1. The Hall–Kier alpha value is -0.820. The minimum absolute atomic E-state index is 0.390. The molecule has 1 aromatic rings. The first-order chi connectivity index (χ1) is 8.98.